The minimum Gasteiger partial charge on any atom is -0.306 e. The van der Waals surface area contributed by atoms with Gasteiger partial charge >= 0.3 is 0 Å². The Morgan fingerprint density at radius 2 is 1.90 bits per heavy atom. The Kier molecular flexibility index (Phi) is 4.55. The summed E-state index contributed by atoms with van der Waals surface area (Å²) < 4.78 is 28.5. The highest BCUT2D eigenvalue weighted by Crippen LogP contribution is 2.33. The van der Waals surface area contributed by atoms with E-state index in [4.69, 9.17) is 0 Å². The van der Waals surface area contributed by atoms with E-state index in [0.29, 0.717) is 12.1 Å². The van der Waals surface area contributed by atoms with E-state index in [-0.39, 0.29) is 5.56 Å². The summed E-state index contributed by atoms with van der Waals surface area (Å²) in [4.78, 5) is 2.24. The lowest BCUT2D eigenvalue weighted by Crippen LogP contribution is -2.24. The van der Waals surface area contributed by atoms with Gasteiger partial charge in [-0.3, -0.25) is 0 Å². The van der Waals surface area contributed by atoms with Crippen molar-refractivity contribution in [3.05, 3.63) is 56.3 Å². The highest BCUT2D eigenvalue weighted by molar-refractivity contribution is 7.12. The van der Waals surface area contributed by atoms with Crippen molar-refractivity contribution >= 4 is 11.3 Å². The van der Waals surface area contributed by atoms with Gasteiger partial charge in [0.25, 0.3) is 0 Å². The van der Waals surface area contributed by atoms with Crippen LogP contribution in [0.25, 0.3) is 0 Å². The van der Waals surface area contributed by atoms with Crippen LogP contribution in [0, 0.1) is 32.4 Å². The molecule has 1 N–H and O–H groups in total. The molecule has 1 heterocycles. The van der Waals surface area contributed by atoms with Gasteiger partial charge in [0.05, 0.1) is 6.04 Å². The fraction of sp³-hybridized carbons (Fsp3) is 0.375. The van der Waals surface area contributed by atoms with Crippen LogP contribution < -0.4 is 5.32 Å². The first-order valence-corrected chi connectivity index (χ1v) is 7.52. The average molecular weight is 295 g/mol. The van der Waals surface area contributed by atoms with Gasteiger partial charge in [-0.05, 0) is 50.6 Å². The first kappa shape index (κ1) is 15.1. The zero-order valence-electron chi connectivity index (χ0n) is 12.2. The van der Waals surface area contributed by atoms with E-state index in [0.717, 1.165) is 15.3 Å². The van der Waals surface area contributed by atoms with Gasteiger partial charge in [-0.2, -0.15) is 0 Å². The maximum atomic E-state index is 14.4. The van der Waals surface area contributed by atoms with Crippen molar-refractivity contribution in [1.82, 2.24) is 5.32 Å². The molecule has 108 valence electrons. The van der Waals surface area contributed by atoms with Gasteiger partial charge in [0.2, 0.25) is 0 Å². The Labute approximate surface area is 122 Å². The summed E-state index contributed by atoms with van der Waals surface area (Å²) in [6.07, 6.45) is 0. The van der Waals surface area contributed by atoms with Crippen LogP contribution in [0.1, 0.15) is 39.4 Å². The number of hydrogen-bond acceptors (Lipinski definition) is 2. The van der Waals surface area contributed by atoms with E-state index in [1.54, 1.807) is 18.3 Å². The van der Waals surface area contributed by atoms with Crippen molar-refractivity contribution in [2.24, 2.45) is 0 Å². The minimum absolute atomic E-state index is 0.118. The molecule has 0 amide bonds. The molecule has 20 heavy (non-hydrogen) atoms. The molecule has 2 aromatic rings. The van der Waals surface area contributed by atoms with Crippen molar-refractivity contribution in [2.75, 3.05) is 6.54 Å². The molecule has 0 aliphatic carbocycles. The lowest BCUT2D eigenvalue weighted by molar-refractivity contribution is 0.506. The largest absolute Gasteiger partial charge is 0.306 e. The molecule has 0 radical (unpaired) electrons. The molecule has 0 aliphatic heterocycles. The summed E-state index contributed by atoms with van der Waals surface area (Å²) >= 11 is 1.65. The molecule has 0 bridgehead atoms. The van der Waals surface area contributed by atoms with Crippen LogP contribution in [-0.2, 0) is 0 Å². The van der Waals surface area contributed by atoms with Gasteiger partial charge in [-0.25, -0.2) is 8.78 Å². The fourth-order valence-corrected chi connectivity index (χ4v) is 3.42. The predicted octanol–water partition coefficient (Wildman–Crippen LogP) is 4.65. The van der Waals surface area contributed by atoms with E-state index in [2.05, 4.69) is 5.32 Å². The van der Waals surface area contributed by atoms with Gasteiger partial charge in [-0.1, -0.05) is 13.0 Å². The summed E-state index contributed by atoms with van der Waals surface area (Å²) in [5.41, 5.74) is 1.54. The highest BCUT2D eigenvalue weighted by Gasteiger charge is 2.24. The smallest absolute Gasteiger partial charge is 0.134 e. The zero-order valence-corrected chi connectivity index (χ0v) is 13.0. The molecule has 1 unspecified atom stereocenters. The van der Waals surface area contributed by atoms with Crippen LogP contribution in [0.3, 0.4) is 0 Å². The summed E-state index contributed by atoms with van der Waals surface area (Å²) in [6.45, 7) is 8.24. The Morgan fingerprint density at radius 1 is 1.20 bits per heavy atom. The number of hydrogen-bond donors (Lipinski definition) is 1. The SMILES string of the molecule is CCNC(c1cc(C)sc1C)c1c(F)ccc(C)c1F. The number of thiophene rings is 1. The topological polar surface area (TPSA) is 12.0 Å². The van der Waals surface area contributed by atoms with Crippen molar-refractivity contribution in [3.63, 3.8) is 0 Å². The molecule has 2 rings (SSSR count). The Balaban J connectivity index is 2.60. The molecule has 0 fully saturated rings. The number of aryl methyl sites for hydroxylation is 3. The van der Waals surface area contributed by atoms with Crippen molar-refractivity contribution in [2.45, 2.75) is 33.7 Å². The zero-order chi connectivity index (χ0) is 14.9. The monoisotopic (exact) mass is 295 g/mol. The highest BCUT2D eigenvalue weighted by atomic mass is 32.1. The molecule has 0 aliphatic rings. The first-order chi connectivity index (χ1) is 9.45. The number of halogens is 2. The summed E-state index contributed by atoms with van der Waals surface area (Å²) in [7, 11) is 0. The van der Waals surface area contributed by atoms with E-state index in [9.17, 15) is 8.78 Å². The molecule has 4 heteroatoms. The maximum Gasteiger partial charge on any atom is 0.134 e. The molecular weight excluding hydrogens is 276 g/mol. The second-order valence-electron chi connectivity index (χ2n) is 4.95. The predicted molar refractivity (Wildman–Crippen MR) is 80.4 cm³/mol. The minimum atomic E-state index is -0.498. The third kappa shape index (κ3) is 2.76. The van der Waals surface area contributed by atoms with Gasteiger partial charge in [-0.15, -0.1) is 11.3 Å². The van der Waals surface area contributed by atoms with Crippen LogP contribution in [0.5, 0.6) is 0 Å². The summed E-state index contributed by atoms with van der Waals surface area (Å²) in [6, 6.07) is 4.38. The lowest BCUT2D eigenvalue weighted by Gasteiger charge is -2.20. The summed E-state index contributed by atoms with van der Waals surface area (Å²) in [5, 5.41) is 3.20. The standard InChI is InChI=1S/C16H19F2NS/c1-5-19-16(12-8-10(3)20-11(12)4)14-13(17)7-6-9(2)15(14)18/h6-8,16,19H,5H2,1-4H3. The molecular formula is C16H19F2NS. The quantitative estimate of drug-likeness (QED) is 0.865. The number of benzene rings is 1. The second kappa shape index (κ2) is 6.02. The van der Waals surface area contributed by atoms with Crippen LogP contribution in [0.15, 0.2) is 18.2 Å². The fourth-order valence-electron chi connectivity index (χ4n) is 2.45. The average Bonchev–Trinajstić information content (AvgIpc) is 2.72. The maximum absolute atomic E-state index is 14.4. The van der Waals surface area contributed by atoms with Crippen LogP contribution in [-0.4, -0.2) is 6.54 Å². The van der Waals surface area contributed by atoms with Crippen LogP contribution in [0.2, 0.25) is 0 Å². The van der Waals surface area contributed by atoms with E-state index in [1.165, 1.54) is 12.1 Å². The van der Waals surface area contributed by atoms with Gasteiger partial charge in [0.1, 0.15) is 11.6 Å². The molecule has 0 saturated heterocycles. The molecule has 1 aromatic heterocycles. The molecule has 1 nitrogen and oxygen atoms in total. The van der Waals surface area contributed by atoms with E-state index < -0.39 is 17.7 Å². The second-order valence-corrected chi connectivity index (χ2v) is 6.41. The van der Waals surface area contributed by atoms with Crippen LogP contribution in [0.4, 0.5) is 8.78 Å². The third-order valence-electron chi connectivity index (χ3n) is 3.41. The Bertz CT molecular complexity index is 619. The van der Waals surface area contributed by atoms with E-state index in [1.807, 2.05) is 26.8 Å². The molecule has 1 atom stereocenters. The lowest BCUT2D eigenvalue weighted by atomic mass is 9.96. The third-order valence-corrected chi connectivity index (χ3v) is 4.39. The molecule has 0 saturated carbocycles. The number of nitrogens with one attached hydrogen (secondary N) is 1. The summed E-state index contributed by atoms with van der Waals surface area (Å²) in [5.74, 6) is -0.957. The van der Waals surface area contributed by atoms with Gasteiger partial charge in [0, 0.05) is 15.3 Å². The number of rotatable bonds is 4. The normalized spacial score (nSPS) is 12.7. The first-order valence-electron chi connectivity index (χ1n) is 6.70. The molecule has 1 aromatic carbocycles. The van der Waals surface area contributed by atoms with Crippen LogP contribution >= 0.6 is 11.3 Å². The van der Waals surface area contributed by atoms with Gasteiger partial charge in [0.15, 0.2) is 0 Å². The van der Waals surface area contributed by atoms with Crippen molar-refractivity contribution in [1.29, 1.82) is 0 Å². The Morgan fingerprint density at radius 3 is 2.45 bits per heavy atom. The van der Waals surface area contributed by atoms with E-state index >= 15 is 0 Å². The molecule has 0 spiro atoms. The van der Waals surface area contributed by atoms with Gasteiger partial charge < -0.3 is 5.32 Å². The Hall–Kier alpha value is -1.26. The van der Waals surface area contributed by atoms with Crippen molar-refractivity contribution in [3.8, 4) is 0 Å². The van der Waals surface area contributed by atoms with Crippen molar-refractivity contribution < 1.29 is 8.78 Å².